The molecule has 1 aliphatic carbocycles. The van der Waals surface area contributed by atoms with Crippen molar-refractivity contribution in [3.8, 4) is 5.75 Å². The molecule has 0 aliphatic heterocycles. The van der Waals surface area contributed by atoms with E-state index in [1.165, 1.54) is 32.1 Å². The zero-order valence-electron chi connectivity index (χ0n) is 12.6. The van der Waals surface area contributed by atoms with Crippen LogP contribution < -0.4 is 15.8 Å². The minimum atomic E-state index is 0.101. The van der Waals surface area contributed by atoms with E-state index >= 15 is 0 Å². The molecular weight excluding hydrogens is 264 g/mol. The first kappa shape index (κ1) is 15.8. The summed E-state index contributed by atoms with van der Waals surface area (Å²) in [5, 5.41) is 2.93. The van der Waals surface area contributed by atoms with Gasteiger partial charge in [-0.05, 0) is 43.0 Å². The molecule has 1 saturated carbocycles. The topological polar surface area (TPSA) is 64.3 Å². The molecule has 3 N–H and O–H groups in total. The first-order chi connectivity index (χ1) is 10.3. The maximum absolute atomic E-state index is 11.9. The Labute approximate surface area is 127 Å². The van der Waals surface area contributed by atoms with Gasteiger partial charge in [0.25, 0.3) is 0 Å². The molecule has 4 nitrogen and oxygen atoms in total. The summed E-state index contributed by atoms with van der Waals surface area (Å²) in [6, 6.07) is 7.43. The molecule has 0 saturated heterocycles. The number of hydrogen-bond donors (Lipinski definition) is 2. The monoisotopic (exact) mass is 290 g/mol. The lowest BCUT2D eigenvalue weighted by Crippen LogP contribution is -2.12. The second kappa shape index (κ2) is 8.67. The standard InChI is InChI=1S/C17H26N2O2/c18-12-13-21-16-10-8-15(9-11-16)19-17(20)7-3-6-14-4-1-2-5-14/h8-11,14H,1-7,12-13,18H2,(H,19,20). The number of hydrogen-bond acceptors (Lipinski definition) is 3. The highest BCUT2D eigenvalue weighted by atomic mass is 16.5. The first-order valence-electron chi connectivity index (χ1n) is 8.00. The summed E-state index contributed by atoms with van der Waals surface area (Å²) >= 11 is 0. The van der Waals surface area contributed by atoms with E-state index in [2.05, 4.69) is 5.32 Å². The molecule has 1 aromatic rings. The predicted octanol–water partition coefficient (Wildman–Crippen LogP) is 3.32. The molecule has 1 fully saturated rings. The van der Waals surface area contributed by atoms with Crippen molar-refractivity contribution >= 4 is 11.6 Å². The fourth-order valence-corrected chi connectivity index (χ4v) is 2.89. The van der Waals surface area contributed by atoms with Gasteiger partial charge >= 0.3 is 0 Å². The molecule has 1 amide bonds. The number of amides is 1. The highest BCUT2D eigenvalue weighted by Crippen LogP contribution is 2.29. The fourth-order valence-electron chi connectivity index (χ4n) is 2.89. The van der Waals surface area contributed by atoms with E-state index < -0.39 is 0 Å². The number of nitrogens with one attached hydrogen (secondary N) is 1. The number of anilines is 1. The van der Waals surface area contributed by atoms with Crippen LogP contribution in [0.2, 0.25) is 0 Å². The Hall–Kier alpha value is -1.55. The van der Waals surface area contributed by atoms with E-state index in [1.54, 1.807) is 0 Å². The van der Waals surface area contributed by atoms with E-state index in [-0.39, 0.29) is 5.91 Å². The highest BCUT2D eigenvalue weighted by molar-refractivity contribution is 5.90. The lowest BCUT2D eigenvalue weighted by atomic mass is 10.0. The van der Waals surface area contributed by atoms with Crippen molar-refractivity contribution in [1.29, 1.82) is 0 Å². The number of carbonyl (C=O) groups excluding carboxylic acids is 1. The molecule has 1 aromatic carbocycles. The number of nitrogens with two attached hydrogens (primary N) is 1. The van der Waals surface area contributed by atoms with Gasteiger partial charge < -0.3 is 15.8 Å². The Kier molecular flexibility index (Phi) is 6.54. The Morgan fingerprint density at radius 2 is 1.95 bits per heavy atom. The van der Waals surface area contributed by atoms with E-state index in [0.29, 0.717) is 19.6 Å². The predicted molar refractivity (Wildman–Crippen MR) is 85.4 cm³/mol. The van der Waals surface area contributed by atoms with Crippen molar-refractivity contribution in [2.75, 3.05) is 18.5 Å². The second-order valence-electron chi connectivity index (χ2n) is 5.75. The van der Waals surface area contributed by atoms with Crippen LogP contribution in [0.1, 0.15) is 44.9 Å². The number of ether oxygens (including phenoxy) is 1. The SMILES string of the molecule is NCCOc1ccc(NC(=O)CCCC2CCCC2)cc1. The summed E-state index contributed by atoms with van der Waals surface area (Å²) in [5.41, 5.74) is 6.20. The van der Waals surface area contributed by atoms with Gasteiger partial charge in [0, 0.05) is 18.7 Å². The average Bonchev–Trinajstić information content (AvgIpc) is 3.00. The van der Waals surface area contributed by atoms with Gasteiger partial charge in [-0.3, -0.25) is 4.79 Å². The van der Waals surface area contributed by atoms with Crippen molar-refractivity contribution < 1.29 is 9.53 Å². The third kappa shape index (κ3) is 5.76. The average molecular weight is 290 g/mol. The Morgan fingerprint density at radius 3 is 2.62 bits per heavy atom. The molecule has 0 aromatic heterocycles. The molecule has 1 aliphatic rings. The van der Waals surface area contributed by atoms with Crippen LogP contribution in [0.3, 0.4) is 0 Å². The minimum Gasteiger partial charge on any atom is -0.492 e. The maximum Gasteiger partial charge on any atom is 0.224 e. The molecule has 116 valence electrons. The van der Waals surface area contributed by atoms with Crippen LogP contribution in [0, 0.1) is 5.92 Å². The molecule has 0 atom stereocenters. The molecule has 0 radical (unpaired) electrons. The van der Waals surface area contributed by atoms with Crippen molar-refractivity contribution in [2.45, 2.75) is 44.9 Å². The largest absolute Gasteiger partial charge is 0.492 e. The Bertz CT molecular complexity index is 425. The van der Waals surface area contributed by atoms with E-state index in [1.807, 2.05) is 24.3 Å². The van der Waals surface area contributed by atoms with Crippen LogP contribution in [-0.2, 0) is 4.79 Å². The van der Waals surface area contributed by atoms with Crippen LogP contribution in [0.5, 0.6) is 5.75 Å². The normalized spacial score (nSPS) is 15.1. The highest BCUT2D eigenvalue weighted by Gasteiger charge is 2.14. The zero-order chi connectivity index (χ0) is 14.9. The molecule has 2 rings (SSSR count). The molecular formula is C17H26N2O2. The third-order valence-corrected chi connectivity index (χ3v) is 4.02. The maximum atomic E-state index is 11.9. The molecule has 0 spiro atoms. The molecule has 21 heavy (non-hydrogen) atoms. The van der Waals surface area contributed by atoms with Gasteiger partial charge in [-0.25, -0.2) is 0 Å². The number of rotatable bonds is 8. The summed E-state index contributed by atoms with van der Waals surface area (Å²) in [4.78, 5) is 11.9. The van der Waals surface area contributed by atoms with E-state index in [4.69, 9.17) is 10.5 Å². The molecule has 4 heteroatoms. The van der Waals surface area contributed by atoms with Crippen LogP contribution >= 0.6 is 0 Å². The van der Waals surface area contributed by atoms with Gasteiger partial charge in [0.05, 0.1) is 0 Å². The summed E-state index contributed by atoms with van der Waals surface area (Å²) in [6.07, 6.45) is 8.25. The zero-order valence-corrected chi connectivity index (χ0v) is 12.6. The summed E-state index contributed by atoms with van der Waals surface area (Å²) < 4.78 is 5.40. The van der Waals surface area contributed by atoms with Gasteiger partial charge in [0.15, 0.2) is 0 Å². The molecule has 0 bridgehead atoms. The molecule has 0 unspecified atom stereocenters. The fraction of sp³-hybridized carbons (Fsp3) is 0.588. The Morgan fingerprint density at radius 1 is 1.24 bits per heavy atom. The van der Waals surface area contributed by atoms with Gasteiger partial charge in [0.2, 0.25) is 5.91 Å². The van der Waals surface area contributed by atoms with Crippen LogP contribution in [-0.4, -0.2) is 19.1 Å². The minimum absolute atomic E-state index is 0.101. The Balaban J connectivity index is 1.66. The van der Waals surface area contributed by atoms with Crippen LogP contribution in [0.4, 0.5) is 5.69 Å². The van der Waals surface area contributed by atoms with Gasteiger partial charge in [-0.1, -0.05) is 25.7 Å². The smallest absolute Gasteiger partial charge is 0.224 e. The van der Waals surface area contributed by atoms with Crippen LogP contribution in [0.15, 0.2) is 24.3 Å². The lowest BCUT2D eigenvalue weighted by molar-refractivity contribution is -0.116. The lowest BCUT2D eigenvalue weighted by Gasteiger charge is -2.09. The van der Waals surface area contributed by atoms with Crippen molar-refractivity contribution in [3.63, 3.8) is 0 Å². The van der Waals surface area contributed by atoms with E-state index in [9.17, 15) is 4.79 Å². The van der Waals surface area contributed by atoms with Gasteiger partial charge in [0.1, 0.15) is 12.4 Å². The summed E-state index contributed by atoms with van der Waals surface area (Å²) in [7, 11) is 0. The number of benzene rings is 1. The quantitative estimate of drug-likeness (QED) is 0.772. The number of carbonyl (C=O) groups is 1. The van der Waals surface area contributed by atoms with Crippen molar-refractivity contribution in [1.82, 2.24) is 0 Å². The van der Waals surface area contributed by atoms with Crippen molar-refractivity contribution in [2.24, 2.45) is 11.7 Å². The first-order valence-corrected chi connectivity index (χ1v) is 8.00. The summed E-state index contributed by atoms with van der Waals surface area (Å²) in [5.74, 6) is 1.74. The summed E-state index contributed by atoms with van der Waals surface area (Å²) in [6.45, 7) is 1.01. The second-order valence-corrected chi connectivity index (χ2v) is 5.75. The van der Waals surface area contributed by atoms with Crippen molar-refractivity contribution in [3.05, 3.63) is 24.3 Å². The third-order valence-electron chi connectivity index (χ3n) is 4.02. The molecule has 0 heterocycles. The van der Waals surface area contributed by atoms with Gasteiger partial charge in [-0.15, -0.1) is 0 Å². The van der Waals surface area contributed by atoms with Crippen LogP contribution in [0.25, 0.3) is 0 Å². The van der Waals surface area contributed by atoms with E-state index in [0.717, 1.165) is 23.8 Å². The van der Waals surface area contributed by atoms with Gasteiger partial charge in [-0.2, -0.15) is 0 Å².